The average molecular weight is 488 g/mol. The van der Waals surface area contributed by atoms with Gasteiger partial charge in [-0.1, -0.05) is 25.0 Å². The molecule has 2 saturated heterocycles. The number of anilines is 2. The van der Waals surface area contributed by atoms with E-state index >= 15 is 0 Å². The van der Waals surface area contributed by atoms with Gasteiger partial charge in [0.25, 0.3) is 0 Å². The van der Waals surface area contributed by atoms with Crippen LogP contribution in [0.5, 0.6) is 0 Å². The molecule has 1 aromatic carbocycles. The number of amides is 1. The fraction of sp³-hybridized carbons (Fsp3) is 0.571. The van der Waals surface area contributed by atoms with Gasteiger partial charge in [-0.15, -0.1) is 0 Å². The molecule has 5 heterocycles. The number of carbonyl (C=O) groups excluding carboxylic acids is 1. The van der Waals surface area contributed by atoms with Crippen LogP contribution >= 0.6 is 0 Å². The van der Waals surface area contributed by atoms with Gasteiger partial charge in [0, 0.05) is 38.3 Å². The van der Waals surface area contributed by atoms with Crippen molar-refractivity contribution in [3.05, 3.63) is 42.0 Å². The number of likely N-dealkylation sites (tertiary alicyclic amines) is 1. The van der Waals surface area contributed by atoms with Crippen LogP contribution in [0.4, 0.5) is 11.5 Å². The van der Waals surface area contributed by atoms with E-state index in [0.29, 0.717) is 6.54 Å². The third kappa shape index (κ3) is 4.96. The molecule has 0 saturated carbocycles. The van der Waals surface area contributed by atoms with Crippen molar-refractivity contribution in [3.8, 4) is 0 Å². The van der Waals surface area contributed by atoms with Gasteiger partial charge in [-0.25, -0.2) is 15.0 Å². The number of carbonyl (C=O) groups is 1. The summed E-state index contributed by atoms with van der Waals surface area (Å²) >= 11 is 0. The minimum atomic E-state index is -0.0720. The molecule has 0 unspecified atom stereocenters. The van der Waals surface area contributed by atoms with Crippen LogP contribution in [0.1, 0.15) is 62.8 Å². The van der Waals surface area contributed by atoms with E-state index in [0.717, 1.165) is 67.4 Å². The number of nitrogens with one attached hydrogen (secondary N) is 1. The summed E-state index contributed by atoms with van der Waals surface area (Å²) in [6, 6.07) is 8.39. The number of fused-ring (bicyclic) bond motifs is 3. The molecule has 8 nitrogen and oxygen atoms in total. The van der Waals surface area contributed by atoms with E-state index in [2.05, 4.69) is 41.8 Å². The molecule has 0 bridgehead atoms. The molecule has 0 aliphatic carbocycles. The van der Waals surface area contributed by atoms with Gasteiger partial charge in [-0.2, -0.15) is 0 Å². The summed E-state index contributed by atoms with van der Waals surface area (Å²) in [6.07, 6.45) is 12.1. The first-order valence-corrected chi connectivity index (χ1v) is 13.8. The SMILES string of the molecule is O=C(Nc1ccc(CN2CCCCC2)cc1)[C@H]1CCCN(c2ncnc3c2nc2n3CCCCC2)C1. The molecule has 3 aromatic rings. The van der Waals surface area contributed by atoms with Gasteiger partial charge in [0.1, 0.15) is 12.2 Å². The fourth-order valence-electron chi connectivity index (χ4n) is 6.05. The van der Waals surface area contributed by atoms with Gasteiger partial charge >= 0.3 is 0 Å². The highest BCUT2D eigenvalue weighted by molar-refractivity contribution is 5.93. The van der Waals surface area contributed by atoms with Crippen molar-refractivity contribution in [2.24, 2.45) is 5.92 Å². The van der Waals surface area contributed by atoms with Crippen LogP contribution in [0.25, 0.3) is 11.2 Å². The first kappa shape index (κ1) is 23.4. The number of benzene rings is 1. The third-order valence-corrected chi connectivity index (χ3v) is 8.04. The predicted molar refractivity (Wildman–Crippen MR) is 142 cm³/mol. The fourth-order valence-corrected chi connectivity index (χ4v) is 6.05. The van der Waals surface area contributed by atoms with E-state index in [9.17, 15) is 4.79 Å². The number of piperidine rings is 2. The maximum Gasteiger partial charge on any atom is 0.229 e. The van der Waals surface area contributed by atoms with Gasteiger partial charge in [-0.05, 0) is 69.3 Å². The van der Waals surface area contributed by atoms with Crippen LogP contribution in [0.15, 0.2) is 30.6 Å². The summed E-state index contributed by atoms with van der Waals surface area (Å²) in [4.78, 5) is 32.2. The van der Waals surface area contributed by atoms with Crippen LogP contribution in [-0.4, -0.2) is 56.5 Å². The highest BCUT2D eigenvalue weighted by Crippen LogP contribution is 2.30. The van der Waals surface area contributed by atoms with Crippen molar-refractivity contribution in [2.75, 3.05) is 36.4 Å². The van der Waals surface area contributed by atoms with E-state index in [4.69, 9.17) is 4.98 Å². The van der Waals surface area contributed by atoms with Gasteiger partial charge < -0.3 is 14.8 Å². The molecule has 6 rings (SSSR count). The van der Waals surface area contributed by atoms with Crippen LogP contribution in [-0.2, 0) is 24.3 Å². The molecule has 1 N–H and O–H groups in total. The molecule has 1 amide bonds. The van der Waals surface area contributed by atoms with Gasteiger partial charge in [0.05, 0.1) is 5.92 Å². The normalized spacial score (nSPS) is 21.2. The lowest BCUT2D eigenvalue weighted by molar-refractivity contribution is -0.120. The highest BCUT2D eigenvalue weighted by atomic mass is 16.1. The van der Waals surface area contributed by atoms with Gasteiger partial charge in [-0.3, -0.25) is 9.69 Å². The maximum absolute atomic E-state index is 13.2. The summed E-state index contributed by atoms with van der Waals surface area (Å²) in [5.41, 5.74) is 4.01. The highest BCUT2D eigenvalue weighted by Gasteiger charge is 2.29. The van der Waals surface area contributed by atoms with Crippen molar-refractivity contribution in [3.63, 3.8) is 0 Å². The Bertz CT molecular complexity index is 1200. The molecule has 3 aliphatic rings. The molecular weight excluding hydrogens is 450 g/mol. The zero-order valence-corrected chi connectivity index (χ0v) is 21.2. The van der Waals surface area contributed by atoms with Crippen molar-refractivity contribution in [2.45, 2.75) is 70.9 Å². The quantitative estimate of drug-likeness (QED) is 0.575. The standard InChI is InChI=1S/C28H37N7O/c36-28(31-23-12-10-21(11-13-23)18-33-14-4-2-5-15-33)22-8-7-16-34(19-22)26-25-27(30-20-29-26)35-17-6-1-3-9-24(35)32-25/h10-13,20,22H,1-9,14-19H2,(H,31,36)/t22-/m0/s1. The molecular formula is C28H37N7O. The first-order valence-electron chi connectivity index (χ1n) is 13.8. The molecule has 0 radical (unpaired) electrons. The Morgan fingerprint density at radius 1 is 0.917 bits per heavy atom. The minimum Gasteiger partial charge on any atom is -0.354 e. The second-order valence-electron chi connectivity index (χ2n) is 10.7. The van der Waals surface area contributed by atoms with E-state index in [1.54, 1.807) is 6.33 Å². The minimum absolute atomic E-state index is 0.0720. The lowest BCUT2D eigenvalue weighted by atomic mass is 9.97. The van der Waals surface area contributed by atoms with Crippen molar-refractivity contribution in [1.82, 2.24) is 24.4 Å². The molecule has 190 valence electrons. The molecule has 36 heavy (non-hydrogen) atoms. The number of imidazole rings is 1. The zero-order valence-electron chi connectivity index (χ0n) is 21.2. The Hall–Kier alpha value is -3.00. The Kier molecular flexibility index (Phi) is 6.86. The average Bonchev–Trinajstić information content (AvgIpc) is 3.11. The predicted octanol–water partition coefficient (Wildman–Crippen LogP) is 4.39. The summed E-state index contributed by atoms with van der Waals surface area (Å²) in [6.45, 7) is 5.91. The molecule has 1 atom stereocenters. The number of hydrogen-bond donors (Lipinski definition) is 1. The molecule has 2 fully saturated rings. The summed E-state index contributed by atoms with van der Waals surface area (Å²) < 4.78 is 2.27. The lowest BCUT2D eigenvalue weighted by Gasteiger charge is -2.32. The van der Waals surface area contributed by atoms with Crippen LogP contribution < -0.4 is 10.2 Å². The second-order valence-corrected chi connectivity index (χ2v) is 10.7. The Morgan fingerprint density at radius 3 is 2.58 bits per heavy atom. The lowest BCUT2D eigenvalue weighted by Crippen LogP contribution is -2.41. The third-order valence-electron chi connectivity index (χ3n) is 8.04. The summed E-state index contributed by atoms with van der Waals surface area (Å²) in [5.74, 6) is 2.02. The first-order chi connectivity index (χ1) is 17.7. The van der Waals surface area contributed by atoms with Gasteiger partial charge in [0.15, 0.2) is 17.0 Å². The van der Waals surface area contributed by atoms with Crippen LogP contribution in [0, 0.1) is 5.92 Å². The van der Waals surface area contributed by atoms with Crippen LogP contribution in [0.3, 0.4) is 0 Å². The largest absolute Gasteiger partial charge is 0.354 e. The molecule has 0 spiro atoms. The number of nitrogens with zero attached hydrogens (tertiary/aromatic N) is 6. The van der Waals surface area contributed by atoms with Crippen molar-refractivity contribution in [1.29, 1.82) is 0 Å². The van der Waals surface area contributed by atoms with Gasteiger partial charge in [0.2, 0.25) is 5.91 Å². The molecule has 8 heteroatoms. The number of aromatic nitrogens is 4. The second kappa shape index (κ2) is 10.5. The van der Waals surface area contributed by atoms with E-state index < -0.39 is 0 Å². The topological polar surface area (TPSA) is 79.2 Å². The summed E-state index contributed by atoms with van der Waals surface area (Å²) in [5, 5.41) is 3.17. The number of rotatable bonds is 5. The number of aryl methyl sites for hydroxylation is 2. The van der Waals surface area contributed by atoms with Crippen molar-refractivity contribution < 1.29 is 4.79 Å². The maximum atomic E-state index is 13.2. The summed E-state index contributed by atoms with van der Waals surface area (Å²) in [7, 11) is 0. The Labute approximate surface area is 213 Å². The zero-order chi connectivity index (χ0) is 24.3. The smallest absolute Gasteiger partial charge is 0.229 e. The Morgan fingerprint density at radius 2 is 1.72 bits per heavy atom. The van der Waals surface area contributed by atoms with Crippen molar-refractivity contribution >= 4 is 28.6 Å². The van der Waals surface area contributed by atoms with E-state index in [1.807, 2.05) is 12.1 Å². The molecule has 3 aliphatic heterocycles. The van der Waals surface area contributed by atoms with E-state index in [1.165, 1.54) is 57.2 Å². The molecule has 2 aromatic heterocycles. The van der Waals surface area contributed by atoms with E-state index in [-0.39, 0.29) is 11.8 Å². The number of hydrogen-bond acceptors (Lipinski definition) is 6. The Balaban J connectivity index is 1.12. The van der Waals surface area contributed by atoms with Crippen LogP contribution in [0.2, 0.25) is 0 Å². The monoisotopic (exact) mass is 487 g/mol.